The van der Waals surface area contributed by atoms with Gasteiger partial charge in [0.1, 0.15) is 5.82 Å². The van der Waals surface area contributed by atoms with Crippen molar-refractivity contribution in [2.45, 2.75) is 0 Å². The van der Waals surface area contributed by atoms with Crippen LogP contribution in [0, 0.1) is 0 Å². The summed E-state index contributed by atoms with van der Waals surface area (Å²) in [6.45, 7) is 0. The smallest absolute Gasteiger partial charge is 0.150 e. The molecule has 0 amide bonds. The molecule has 3 aromatic rings. The zero-order valence-electron chi connectivity index (χ0n) is 10.2. The van der Waals surface area contributed by atoms with Crippen LogP contribution < -0.4 is 0 Å². The van der Waals surface area contributed by atoms with E-state index in [2.05, 4.69) is 9.97 Å². The molecule has 0 aliphatic heterocycles. The molecule has 1 aromatic heterocycles. The van der Waals surface area contributed by atoms with E-state index in [0.29, 0.717) is 20.9 Å². The maximum absolute atomic E-state index is 6.30. The highest BCUT2D eigenvalue weighted by Crippen LogP contribution is 2.26. The van der Waals surface area contributed by atoms with Gasteiger partial charge in [-0.1, -0.05) is 53.0 Å². The number of halogens is 3. The van der Waals surface area contributed by atoms with E-state index in [1.54, 1.807) is 18.2 Å². The molecule has 0 atom stereocenters. The number of imidazole rings is 1. The van der Waals surface area contributed by atoms with Crippen molar-refractivity contribution >= 4 is 56.9 Å². The molecular weight excluding hydrogens is 315 g/mol. The molecule has 5 heteroatoms. The van der Waals surface area contributed by atoms with Crippen LogP contribution in [0.15, 0.2) is 42.5 Å². The lowest BCUT2D eigenvalue weighted by molar-refractivity contribution is 1.29. The first-order valence-electron chi connectivity index (χ1n) is 5.91. The Hall–Kier alpha value is -1.48. The molecule has 0 aliphatic carbocycles. The van der Waals surface area contributed by atoms with Gasteiger partial charge in [-0.15, -0.1) is 0 Å². The molecule has 1 N–H and O–H groups in total. The van der Waals surface area contributed by atoms with E-state index in [9.17, 15) is 0 Å². The number of nitrogens with zero attached hydrogens (tertiary/aromatic N) is 1. The van der Waals surface area contributed by atoms with Gasteiger partial charge in [0, 0.05) is 0 Å². The number of hydrogen-bond donors (Lipinski definition) is 1. The van der Waals surface area contributed by atoms with E-state index < -0.39 is 0 Å². The molecule has 2 nitrogen and oxygen atoms in total. The van der Waals surface area contributed by atoms with E-state index in [1.807, 2.05) is 30.3 Å². The van der Waals surface area contributed by atoms with Crippen molar-refractivity contribution in [3.05, 3.63) is 63.9 Å². The number of nitrogens with one attached hydrogen (secondary N) is 1. The summed E-state index contributed by atoms with van der Waals surface area (Å²) in [6, 6.07) is 13.1. The summed E-state index contributed by atoms with van der Waals surface area (Å²) in [5, 5.41) is 1.53. The minimum atomic E-state index is 0.495. The van der Waals surface area contributed by atoms with E-state index in [4.69, 9.17) is 34.8 Å². The van der Waals surface area contributed by atoms with Gasteiger partial charge in [-0.3, -0.25) is 0 Å². The molecule has 2 aromatic carbocycles. The van der Waals surface area contributed by atoms with Crippen molar-refractivity contribution in [2.75, 3.05) is 0 Å². The van der Waals surface area contributed by atoms with Gasteiger partial charge < -0.3 is 4.98 Å². The number of aromatic amines is 1. The minimum Gasteiger partial charge on any atom is -0.337 e. The van der Waals surface area contributed by atoms with Crippen molar-refractivity contribution in [1.82, 2.24) is 9.97 Å². The maximum atomic E-state index is 6.30. The number of rotatable bonds is 2. The molecule has 0 bridgehead atoms. The highest BCUT2D eigenvalue weighted by atomic mass is 35.5. The van der Waals surface area contributed by atoms with Crippen LogP contribution in [-0.2, 0) is 0 Å². The molecule has 1 heterocycles. The van der Waals surface area contributed by atoms with Crippen LogP contribution in [0.1, 0.15) is 11.4 Å². The average molecular weight is 324 g/mol. The van der Waals surface area contributed by atoms with Crippen molar-refractivity contribution in [3.8, 4) is 0 Å². The molecule has 0 spiro atoms. The fourth-order valence-corrected chi connectivity index (χ4v) is 2.40. The number of fused-ring (bicyclic) bond motifs is 1. The van der Waals surface area contributed by atoms with Gasteiger partial charge in [0.05, 0.1) is 26.1 Å². The van der Waals surface area contributed by atoms with Crippen molar-refractivity contribution < 1.29 is 0 Å². The number of para-hydroxylation sites is 2. The first-order chi connectivity index (χ1) is 9.63. The van der Waals surface area contributed by atoms with Crippen molar-refractivity contribution in [2.24, 2.45) is 0 Å². The Kier molecular flexibility index (Phi) is 3.70. The second-order valence-electron chi connectivity index (χ2n) is 4.27. The molecule has 3 rings (SSSR count). The summed E-state index contributed by atoms with van der Waals surface area (Å²) < 4.78 is 0. The average Bonchev–Trinajstić information content (AvgIpc) is 2.87. The van der Waals surface area contributed by atoms with E-state index in [1.165, 1.54) is 0 Å². The molecule has 0 aliphatic rings. The Morgan fingerprint density at radius 1 is 1.05 bits per heavy atom. The van der Waals surface area contributed by atoms with Crippen LogP contribution in [0.2, 0.25) is 10.0 Å². The quantitative estimate of drug-likeness (QED) is 0.652. The number of aromatic nitrogens is 2. The lowest BCUT2D eigenvalue weighted by Crippen LogP contribution is -1.81. The second-order valence-corrected chi connectivity index (χ2v) is 5.49. The van der Waals surface area contributed by atoms with Gasteiger partial charge >= 0.3 is 0 Å². The van der Waals surface area contributed by atoms with Gasteiger partial charge in [0.15, 0.2) is 0 Å². The third kappa shape index (κ3) is 2.68. The van der Waals surface area contributed by atoms with Crippen LogP contribution >= 0.6 is 34.8 Å². The van der Waals surface area contributed by atoms with Crippen LogP contribution in [0.3, 0.4) is 0 Å². The maximum Gasteiger partial charge on any atom is 0.150 e. The predicted octanol–water partition coefficient (Wildman–Crippen LogP) is 5.61. The summed E-state index contributed by atoms with van der Waals surface area (Å²) >= 11 is 18.2. The molecule has 0 saturated carbocycles. The van der Waals surface area contributed by atoms with Crippen LogP contribution in [-0.4, -0.2) is 9.97 Å². The van der Waals surface area contributed by atoms with Gasteiger partial charge in [-0.2, -0.15) is 0 Å². The van der Waals surface area contributed by atoms with Gasteiger partial charge in [-0.05, 0) is 35.9 Å². The first kappa shape index (κ1) is 13.5. The lowest BCUT2D eigenvalue weighted by atomic mass is 10.2. The molecule has 0 unspecified atom stereocenters. The Morgan fingerprint density at radius 3 is 2.60 bits per heavy atom. The molecule has 0 fully saturated rings. The summed E-state index contributed by atoms with van der Waals surface area (Å²) in [6.07, 6.45) is 1.79. The van der Waals surface area contributed by atoms with Gasteiger partial charge in [0.25, 0.3) is 0 Å². The summed E-state index contributed by atoms with van der Waals surface area (Å²) in [5.41, 5.74) is 2.69. The molecule has 0 saturated heterocycles. The zero-order chi connectivity index (χ0) is 14.1. The fourth-order valence-electron chi connectivity index (χ4n) is 1.88. The molecular formula is C15H9Cl3N2. The standard InChI is InChI=1S/C15H9Cl3N2/c16-10-6-5-9(7-11(10)17)8-12(18)15-19-13-3-1-2-4-14(13)20-15/h1-8H,(H,19,20)/b12-8+. The van der Waals surface area contributed by atoms with E-state index >= 15 is 0 Å². The normalized spacial score (nSPS) is 12.1. The van der Waals surface area contributed by atoms with Crippen LogP contribution in [0.4, 0.5) is 0 Å². The Morgan fingerprint density at radius 2 is 1.85 bits per heavy atom. The monoisotopic (exact) mass is 322 g/mol. The largest absolute Gasteiger partial charge is 0.337 e. The number of hydrogen-bond acceptors (Lipinski definition) is 1. The zero-order valence-corrected chi connectivity index (χ0v) is 12.5. The Bertz CT molecular complexity index is 773. The SMILES string of the molecule is Cl/C(=C/c1ccc(Cl)c(Cl)c1)c1nc2ccccc2[nH]1. The van der Waals surface area contributed by atoms with Gasteiger partial charge in [-0.25, -0.2) is 4.98 Å². The van der Waals surface area contributed by atoms with Crippen LogP contribution in [0.5, 0.6) is 0 Å². The highest BCUT2D eigenvalue weighted by molar-refractivity contribution is 6.51. The van der Waals surface area contributed by atoms with Crippen molar-refractivity contribution in [3.63, 3.8) is 0 Å². The second kappa shape index (κ2) is 5.49. The predicted molar refractivity (Wildman–Crippen MR) is 86.3 cm³/mol. The summed E-state index contributed by atoms with van der Waals surface area (Å²) in [5.74, 6) is 0.624. The number of H-pyrrole nitrogens is 1. The molecule has 0 radical (unpaired) electrons. The minimum absolute atomic E-state index is 0.495. The Labute approximate surface area is 131 Å². The first-order valence-corrected chi connectivity index (χ1v) is 7.04. The third-order valence-electron chi connectivity index (χ3n) is 2.85. The van der Waals surface area contributed by atoms with Crippen molar-refractivity contribution in [1.29, 1.82) is 0 Å². The van der Waals surface area contributed by atoms with E-state index in [-0.39, 0.29) is 0 Å². The molecule has 100 valence electrons. The lowest BCUT2D eigenvalue weighted by Gasteiger charge is -1.99. The fraction of sp³-hybridized carbons (Fsp3) is 0. The van der Waals surface area contributed by atoms with Crippen LogP contribution in [0.25, 0.3) is 22.1 Å². The molecule has 20 heavy (non-hydrogen) atoms. The summed E-state index contributed by atoms with van der Waals surface area (Å²) in [4.78, 5) is 7.61. The van der Waals surface area contributed by atoms with Gasteiger partial charge in [0.2, 0.25) is 0 Å². The Balaban J connectivity index is 2.00. The van der Waals surface area contributed by atoms with E-state index in [0.717, 1.165) is 16.6 Å². The highest BCUT2D eigenvalue weighted by Gasteiger charge is 2.06. The summed E-state index contributed by atoms with van der Waals surface area (Å²) in [7, 11) is 0. The third-order valence-corrected chi connectivity index (χ3v) is 3.88. The topological polar surface area (TPSA) is 28.7 Å². The number of benzene rings is 2.